The minimum Gasteiger partial charge on any atom is -0.479 e. The molecule has 0 bridgehead atoms. The van der Waals surface area contributed by atoms with E-state index < -0.39 is 33.8 Å². The molecule has 0 saturated heterocycles. The topological polar surface area (TPSA) is 122 Å². The fourth-order valence-electron chi connectivity index (χ4n) is 3.29. The van der Waals surface area contributed by atoms with Gasteiger partial charge in [0.05, 0.1) is 6.26 Å². The second kappa shape index (κ2) is 12.6. The number of aliphatic carboxylic acids is 1. The van der Waals surface area contributed by atoms with E-state index in [0.29, 0.717) is 30.3 Å². The quantitative estimate of drug-likeness (QED) is 0.403. The summed E-state index contributed by atoms with van der Waals surface area (Å²) in [5, 5.41) is 12.5. The highest BCUT2D eigenvalue weighted by atomic mass is 32.2. The largest absolute Gasteiger partial charge is 0.479 e. The van der Waals surface area contributed by atoms with Crippen LogP contribution in [0.4, 0.5) is 16.2 Å². The van der Waals surface area contributed by atoms with E-state index >= 15 is 0 Å². The number of hydrogen-bond donors (Lipinski definition) is 2. The van der Waals surface area contributed by atoms with Gasteiger partial charge in [-0.05, 0) is 76.4 Å². The van der Waals surface area contributed by atoms with E-state index in [-0.39, 0.29) is 5.69 Å². The Morgan fingerprint density at radius 1 is 1.11 bits per heavy atom. The highest BCUT2D eigenvalue weighted by Gasteiger charge is 2.30. The third kappa shape index (κ3) is 9.40. The molecule has 1 unspecified atom stereocenters. The standard InChI is InChI=1S/C26H34N2O7S/c1-6-34-23(24(29)30)18-20-9-13-21(14-10-20)27-17-7-8-19-11-15-22(16-12-19)28(36(5,32)33)25(31)35-26(2,3)4/h9-11,13-15,23,27H,6-8,17-18H2,1-5H3,(H,29,30). The van der Waals surface area contributed by atoms with Gasteiger partial charge in [0.15, 0.2) is 6.10 Å². The van der Waals surface area contributed by atoms with Crippen LogP contribution < -0.4 is 9.62 Å². The van der Waals surface area contributed by atoms with Gasteiger partial charge >= 0.3 is 12.1 Å². The van der Waals surface area contributed by atoms with Gasteiger partial charge < -0.3 is 19.9 Å². The first-order valence-corrected chi connectivity index (χ1v) is 13.5. The number of aryl methyl sites for hydroxylation is 1. The molecule has 9 nitrogen and oxygen atoms in total. The van der Waals surface area contributed by atoms with Crippen molar-refractivity contribution in [1.82, 2.24) is 0 Å². The summed E-state index contributed by atoms with van der Waals surface area (Å²) in [6, 6.07) is 16.4. The normalized spacial score (nSPS) is 12.4. The first-order valence-electron chi connectivity index (χ1n) is 11.6. The Hall–Kier alpha value is -3.29. The Labute approximate surface area is 213 Å². The molecule has 1 atom stereocenters. The summed E-state index contributed by atoms with van der Waals surface area (Å²) in [7, 11) is -3.91. The van der Waals surface area contributed by atoms with E-state index in [1.807, 2.05) is 24.3 Å². The molecule has 0 spiro atoms. The van der Waals surface area contributed by atoms with E-state index in [1.54, 1.807) is 33.8 Å². The fourth-order valence-corrected chi connectivity index (χ4v) is 4.06. The highest BCUT2D eigenvalue weighted by Crippen LogP contribution is 2.20. The molecule has 10 heteroatoms. The van der Waals surface area contributed by atoms with Gasteiger partial charge in [-0.2, -0.15) is 4.31 Å². The molecule has 2 N–H and O–H groups in total. The number of carbonyl (C=O) groups is 2. The number of ether oxygens (including phenoxy) is 2. The van der Waals surface area contributed by atoms with Crippen molar-refractivity contribution in [2.45, 2.75) is 58.7 Å². The Kier molecular flexibility index (Phi) is 10.1. The molecule has 0 aliphatic heterocycles. The van der Waals surface area contributed by atoms with Gasteiger partial charge in [-0.1, -0.05) is 18.2 Å². The molecule has 0 aromatic heterocycles. The predicted molar refractivity (Wildman–Crippen MR) is 138 cm³/mol. The number of rotatable bonds is 12. The van der Waals surface area contributed by atoms with Crippen molar-refractivity contribution in [3.8, 4) is 0 Å². The van der Waals surface area contributed by atoms with Crippen LogP contribution in [0.5, 0.6) is 0 Å². The Morgan fingerprint density at radius 3 is 2.28 bits per heavy atom. The first-order chi connectivity index (χ1) is 16.8. The lowest BCUT2D eigenvalue weighted by atomic mass is 10.1. The molecule has 0 saturated carbocycles. The summed E-state index contributed by atoms with van der Waals surface area (Å²) >= 11 is 0. The summed E-state index contributed by atoms with van der Waals surface area (Å²) in [5.74, 6) is -0.977. The summed E-state index contributed by atoms with van der Waals surface area (Å²) in [6.45, 7) is 7.76. The van der Waals surface area contributed by atoms with Gasteiger partial charge in [0.25, 0.3) is 0 Å². The maximum absolute atomic E-state index is 12.4. The van der Waals surface area contributed by atoms with Crippen LogP contribution in [-0.2, 0) is 37.1 Å². The van der Waals surface area contributed by atoms with Crippen molar-refractivity contribution in [3.63, 3.8) is 0 Å². The monoisotopic (exact) mass is 518 g/mol. The molecule has 0 aliphatic rings. The molecule has 0 radical (unpaired) electrons. The van der Waals surface area contributed by atoms with Gasteiger partial charge in [0, 0.05) is 30.8 Å². The molecule has 2 aromatic rings. The number of carboxylic acids is 1. The number of anilines is 2. The average molecular weight is 519 g/mol. The smallest absolute Gasteiger partial charge is 0.429 e. The van der Waals surface area contributed by atoms with Crippen LogP contribution >= 0.6 is 0 Å². The molecular formula is C26H34N2O7S. The highest BCUT2D eigenvalue weighted by molar-refractivity contribution is 7.92. The summed E-state index contributed by atoms with van der Waals surface area (Å²) in [6.07, 6.45) is 0.827. The summed E-state index contributed by atoms with van der Waals surface area (Å²) in [4.78, 5) is 23.7. The van der Waals surface area contributed by atoms with Crippen LogP contribution in [-0.4, -0.2) is 56.7 Å². The van der Waals surface area contributed by atoms with Crippen molar-refractivity contribution < 1.29 is 32.6 Å². The lowest BCUT2D eigenvalue weighted by Crippen LogP contribution is -2.40. The number of nitrogens with zero attached hydrogens (tertiary/aromatic N) is 1. The molecule has 1 amide bonds. The second-order valence-electron chi connectivity index (χ2n) is 9.22. The van der Waals surface area contributed by atoms with Crippen LogP contribution in [0.25, 0.3) is 0 Å². The molecule has 0 heterocycles. The van der Waals surface area contributed by atoms with E-state index in [1.165, 1.54) is 6.07 Å². The van der Waals surface area contributed by atoms with Gasteiger partial charge in [-0.15, -0.1) is 0 Å². The van der Waals surface area contributed by atoms with Gasteiger partial charge in [0.1, 0.15) is 11.3 Å². The number of sulfonamides is 1. The van der Waals surface area contributed by atoms with Gasteiger partial charge in [0.2, 0.25) is 10.0 Å². The number of hydrogen-bond acceptors (Lipinski definition) is 7. The molecule has 0 fully saturated rings. The molecule has 196 valence electrons. The lowest BCUT2D eigenvalue weighted by molar-refractivity contribution is -0.149. The van der Waals surface area contributed by atoms with E-state index in [4.69, 9.17) is 9.47 Å². The average Bonchev–Trinajstić information content (AvgIpc) is 2.76. The molecular weight excluding hydrogens is 484 g/mol. The minimum atomic E-state index is -3.91. The Balaban J connectivity index is 1.89. The Bertz CT molecular complexity index is 1110. The molecule has 36 heavy (non-hydrogen) atoms. The number of benzene rings is 1. The fraction of sp³-hybridized carbons (Fsp3) is 0.462. The number of carboxylic acid groups (broad SMARTS) is 1. The van der Waals surface area contributed by atoms with Crippen LogP contribution in [0.15, 0.2) is 36.4 Å². The molecule has 2 rings (SSSR count). The van der Waals surface area contributed by atoms with Gasteiger partial charge in [-0.25, -0.2) is 18.0 Å². The molecule has 2 aromatic carbocycles. The maximum Gasteiger partial charge on any atom is 0.429 e. The van der Waals surface area contributed by atoms with Crippen molar-refractivity contribution in [3.05, 3.63) is 59.7 Å². The third-order valence-electron chi connectivity index (χ3n) is 4.87. The third-order valence-corrected chi connectivity index (χ3v) is 5.88. The summed E-state index contributed by atoms with van der Waals surface area (Å²) in [5.41, 5.74) is 1.81. The van der Waals surface area contributed by atoms with Crippen LogP contribution in [0.2, 0.25) is 0 Å². The number of carbonyl (C=O) groups excluding carboxylic acids is 1. The first kappa shape index (κ1) is 28.9. The molecule has 0 aliphatic carbocycles. The van der Waals surface area contributed by atoms with E-state index in [0.717, 1.165) is 29.5 Å². The minimum absolute atomic E-state index is 0.0446. The Morgan fingerprint density at radius 2 is 1.78 bits per heavy atom. The maximum atomic E-state index is 12.4. The van der Waals surface area contributed by atoms with Gasteiger partial charge in [-0.3, -0.25) is 0 Å². The summed E-state index contributed by atoms with van der Waals surface area (Å²) < 4.78 is 35.4. The van der Waals surface area contributed by atoms with Crippen molar-refractivity contribution in [1.29, 1.82) is 0 Å². The zero-order valence-corrected chi connectivity index (χ0v) is 22.1. The second-order valence-corrected chi connectivity index (χ2v) is 11.0. The van der Waals surface area contributed by atoms with Crippen molar-refractivity contribution >= 4 is 33.5 Å². The number of nitrogens with one attached hydrogen (secondary N) is 1. The van der Waals surface area contributed by atoms with Crippen molar-refractivity contribution in [2.24, 2.45) is 0 Å². The van der Waals surface area contributed by atoms with Crippen LogP contribution in [0.1, 0.15) is 45.2 Å². The van der Waals surface area contributed by atoms with E-state index in [9.17, 15) is 23.1 Å². The van der Waals surface area contributed by atoms with Crippen LogP contribution in [0, 0.1) is 12.1 Å². The zero-order valence-electron chi connectivity index (χ0n) is 21.3. The lowest BCUT2D eigenvalue weighted by Gasteiger charge is -2.25. The van der Waals surface area contributed by atoms with Crippen LogP contribution in [0.3, 0.4) is 0 Å². The zero-order chi connectivity index (χ0) is 26.9. The van der Waals surface area contributed by atoms with Crippen molar-refractivity contribution in [2.75, 3.05) is 29.0 Å². The van der Waals surface area contributed by atoms with E-state index in [2.05, 4.69) is 17.4 Å². The SMILES string of the molecule is CCOC(Cc1ccc(NCCCc2c#cc(N(C(=O)OC(C)(C)C)S(C)(=O)=O)cc2)cc1)C(=O)O. The number of amides is 1. The predicted octanol–water partition coefficient (Wildman–Crippen LogP) is 4.06.